The third kappa shape index (κ3) is 3.80. The monoisotopic (exact) mass is 361 g/mol. The van der Waals surface area contributed by atoms with Crippen LogP contribution in [0.3, 0.4) is 0 Å². The van der Waals surface area contributed by atoms with Crippen LogP contribution in [0.25, 0.3) is 17.4 Å². The highest BCUT2D eigenvalue weighted by Crippen LogP contribution is 2.24. The minimum absolute atomic E-state index is 0.207. The molecule has 9 heteroatoms. The van der Waals surface area contributed by atoms with Gasteiger partial charge in [-0.2, -0.15) is 9.78 Å². The van der Waals surface area contributed by atoms with Crippen LogP contribution >= 0.6 is 11.6 Å². The lowest BCUT2D eigenvalue weighted by Gasteiger charge is -2.08. The number of alkyl halides is 1. The zero-order chi connectivity index (χ0) is 17.8. The molecule has 0 spiro atoms. The van der Waals surface area contributed by atoms with Crippen LogP contribution in [-0.4, -0.2) is 31.5 Å². The molecule has 0 aliphatic carbocycles. The first-order chi connectivity index (χ1) is 12.1. The van der Waals surface area contributed by atoms with Crippen molar-refractivity contribution < 1.29 is 9.21 Å². The number of hydrogen-bond donors (Lipinski definition) is 2. The Balaban J connectivity index is 2.10. The highest BCUT2D eigenvalue weighted by atomic mass is 35.5. The van der Waals surface area contributed by atoms with Crippen LogP contribution in [0, 0.1) is 0 Å². The second kappa shape index (κ2) is 7.35. The predicted molar refractivity (Wildman–Crippen MR) is 93.0 cm³/mol. The van der Waals surface area contributed by atoms with Crippen molar-refractivity contribution in [3.8, 4) is 17.4 Å². The summed E-state index contributed by atoms with van der Waals surface area (Å²) in [6.45, 7) is 2.00. The van der Waals surface area contributed by atoms with Gasteiger partial charge in [-0.05, 0) is 18.6 Å². The van der Waals surface area contributed by atoms with Gasteiger partial charge in [-0.15, -0.1) is 11.6 Å². The summed E-state index contributed by atoms with van der Waals surface area (Å²) in [5.41, 5.74) is 0.836. The number of anilines is 1. The number of amides is 1. The molecule has 3 aromatic rings. The van der Waals surface area contributed by atoms with Crippen molar-refractivity contribution >= 4 is 23.3 Å². The Morgan fingerprint density at radius 2 is 2.28 bits per heavy atom. The Labute approximate surface area is 147 Å². The molecule has 0 radical (unpaired) electrons. The fraction of sp³-hybridized carbons (Fsp3) is 0.250. The minimum Gasteiger partial charge on any atom is -0.463 e. The molecule has 0 unspecified atom stereocenters. The van der Waals surface area contributed by atoms with Gasteiger partial charge in [-0.3, -0.25) is 14.6 Å². The van der Waals surface area contributed by atoms with Gasteiger partial charge in [0.05, 0.1) is 6.26 Å². The smallest absolute Gasteiger partial charge is 0.252 e. The van der Waals surface area contributed by atoms with Gasteiger partial charge < -0.3 is 9.73 Å². The van der Waals surface area contributed by atoms with Crippen LogP contribution in [-0.2, 0) is 11.2 Å². The number of aromatic nitrogens is 4. The summed E-state index contributed by atoms with van der Waals surface area (Å²) < 4.78 is 6.68. The molecular weight excluding hydrogens is 346 g/mol. The Bertz CT molecular complexity index is 930. The lowest BCUT2D eigenvalue weighted by atomic mass is 10.2. The molecule has 3 aromatic heterocycles. The van der Waals surface area contributed by atoms with Gasteiger partial charge in [0.2, 0.25) is 11.9 Å². The highest BCUT2D eigenvalue weighted by Gasteiger charge is 2.16. The van der Waals surface area contributed by atoms with Gasteiger partial charge in [-0.1, -0.05) is 13.3 Å². The number of H-pyrrole nitrogens is 1. The van der Waals surface area contributed by atoms with E-state index in [-0.39, 0.29) is 17.4 Å². The van der Waals surface area contributed by atoms with Gasteiger partial charge in [0.15, 0.2) is 5.76 Å². The molecule has 0 atom stereocenters. The lowest BCUT2D eigenvalue weighted by Crippen LogP contribution is -2.19. The summed E-state index contributed by atoms with van der Waals surface area (Å²) in [5, 5.41) is 7.02. The maximum absolute atomic E-state index is 11.9. The molecule has 3 heterocycles. The van der Waals surface area contributed by atoms with E-state index in [4.69, 9.17) is 16.0 Å². The summed E-state index contributed by atoms with van der Waals surface area (Å²) in [6.07, 6.45) is 3.03. The maximum Gasteiger partial charge on any atom is 0.252 e. The van der Waals surface area contributed by atoms with Gasteiger partial charge in [-0.25, -0.2) is 4.98 Å². The Morgan fingerprint density at radius 3 is 2.96 bits per heavy atom. The fourth-order valence-electron chi connectivity index (χ4n) is 2.33. The number of furan rings is 1. The number of nitrogens with one attached hydrogen (secondary N) is 2. The SMILES string of the molecule is CCCc1cc(=O)[nH]c(-n2nc(-c3ccco3)cc2NC(=O)CCl)n1. The van der Waals surface area contributed by atoms with Crippen molar-refractivity contribution in [2.75, 3.05) is 11.2 Å². The van der Waals surface area contributed by atoms with E-state index in [1.54, 1.807) is 18.2 Å². The van der Waals surface area contributed by atoms with Crippen LogP contribution in [0.2, 0.25) is 0 Å². The molecule has 0 aromatic carbocycles. The molecule has 0 bridgehead atoms. The van der Waals surface area contributed by atoms with Crippen LogP contribution in [0.5, 0.6) is 0 Å². The Hall–Kier alpha value is -2.87. The fourth-order valence-corrected chi connectivity index (χ4v) is 2.40. The molecular formula is C16H16ClN5O3. The molecule has 0 saturated heterocycles. The summed E-state index contributed by atoms with van der Waals surface area (Å²) in [5.74, 6) is 0.446. The summed E-state index contributed by atoms with van der Waals surface area (Å²) in [4.78, 5) is 30.7. The molecule has 130 valence electrons. The first-order valence-corrected chi connectivity index (χ1v) is 8.24. The van der Waals surface area contributed by atoms with Gasteiger partial charge in [0.1, 0.15) is 17.4 Å². The van der Waals surface area contributed by atoms with E-state index in [1.807, 2.05) is 6.92 Å². The van der Waals surface area contributed by atoms with Gasteiger partial charge in [0.25, 0.3) is 5.56 Å². The van der Waals surface area contributed by atoms with Crippen molar-refractivity contribution in [3.63, 3.8) is 0 Å². The molecule has 8 nitrogen and oxygen atoms in total. The molecule has 0 aliphatic heterocycles. The van der Waals surface area contributed by atoms with E-state index < -0.39 is 5.91 Å². The average Bonchev–Trinajstić information content (AvgIpc) is 3.23. The quantitative estimate of drug-likeness (QED) is 0.655. The average molecular weight is 362 g/mol. The van der Waals surface area contributed by atoms with E-state index >= 15 is 0 Å². The topological polar surface area (TPSA) is 106 Å². The molecule has 0 aliphatic rings. The minimum atomic E-state index is -0.402. The second-order valence-corrected chi connectivity index (χ2v) is 5.56. The molecule has 0 fully saturated rings. The van der Waals surface area contributed by atoms with Gasteiger partial charge in [0, 0.05) is 17.8 Å². The third-order valence-electron chi connectivity index (χ3n) is 3.36. The second-order valence-electron chi connectivity index (χ2n) is 5.30. The zero-order valence-corrected chi connectivity index (χ0v) is 14.2. The van der Waals surface area contributed by atoms with Gasteiger partial charge >= 0.3 is 0 Å². The Kier molecular flexibility index (Phi) is 4.99. The number of hydrogen-bond acceptors (Lipinski definition) is 5. The van der Waals surface area contributed by atoms with Crippen LogP contribution in [0.4, 0.5) is 5.82 Å². The molecule has 25 heavy (non-hydrogen) atoms. The predicted octanol–water partition coefficient (Wildman–Crippen LogP) is 2.35. The number of rotatable bonds is 6. The number of aryl methyl sites for hydroxylation is 1. The standard InChI is InChI=1S/C16H16ClN5O3/c1-2-4-10-7-14(23)20-16(18-10)22-13(19-15(24)9-17)8-11(21-22)12-5-3-6-25-12/h3,5-8H,2,4,9H2,1H3,(H,19,24)(H,18,20,23). The summed E-state index contributed by atoms with van der Waals surface area (Å²) >= 11 is 5.56. The van der Waals surface area contributed by atoms with Crippen LogP contribution in [0.15, 0.2) is 39.7 Å². The zero-order valence-electron chi connectivity index (χ0n) is 13.5. The first kappa shape index (κ1) is 17.0. The Morgan fingerprint density at radius 1 is 1.44 bits per heavy atom. The van der Waals surface area contributed by atoms with E-state index in [1.165, 1.54) is 17.0 Å². The molecule has 1 amide bonds. The van der Waals surface area contributed by atoms with Crippen LogP contribution < -0.4 is 10.9 Å². The summed E-state index contributed by atoms with van der Waals surface area (Å²) in [7, 11) is 0. The van der Waals surface area contributed by atoms with Crippen molar-refractivity contribution in [1.29, 1.82) is 0 Å². The van der Waals surface area contributed by atoms with Crippen molar-refractivity contribution in [3.05, 3.63) is 46.6 Å². The van der Waals surface area contributed by atoms with E-state index in [2.05, 4.69) is 20.4 Å². The van der Waals surface area contributed by atoms with E-state index in [0.717, 1.165) is 6.42 Å². The molecule has 2 N–H and O–H groups in total. The number of nitrogens with zero attached hydrogens (tertiary/aromatic N) is 3. The molecule has 3 rings (SSSR count). The summed E-state index contributed by atoms with van der Waals surface area (Å²) in [6, 6.07) is 6.54. The van der Waals surface area contributed by atoms with Crippen molar-refractivity contribution in [2.45, 2.75) is 19.8 Å². The largest absolute Gasteiger partial charge is 0.463 e. The highest BCUT2D eigenvalue weighted by molar-refractivity contribution is 6.29. The molecule has 0 saturated carbocycles. The maximum atomic E-state index is 11.9. The first-order valence-electron chi connectivity index (χ1n) is 7.71. The normalized spacial score (nSPS) is 10.8. The number of carbonyl (C=O) groups excluding carboxylic acids is 1. The van der Waals surface area contributed by atoms with E-state index in [0.29, 0.717) is 29.4 Å². The van der Waals surface area contributed by atoms with Crippen molar-refractivity contribution in [2.24, 2.45) is 0 Å². The number of halogens is 1. The lowest BCUT2D eigenvalue weighted by molar-refractivity contribution is -0.114. The van der Waals surface area contributed by atoms with Crippen molar-refractivity contribution in [1.82, 2.24) is 19.7 Å². The number of aromatic amines is 1. The third-order valence-corrected chi connectivity index (χ3v) is 3.60. The van der Waals surface area contributed by atoms with E-state index in [9.17, 15) is 9.59 Å². The number of carbonyl (C=O) groups is 1. The van der Waals surface area contributed by atoms with Crippen LogP contribution in [0.1, 0.15) is 19.0 Å².